The minimum atomic E-state index is 0.348. The molecule has 3 nitrogen and oxygen atoms in total. The summed E-state index contributed by atoms with van der Waals surface area (Å²) in [6.07, 6.45) is 12.5. The highest BCUT2D eigenvalue weighted by atomic mass is 15.1. The average molecular weight is 233 g/mol. The van der Waals surface area contributed by atoms with E-state index in [1.54, 1.807) is 0 Å². The summed E-state index contributed by atoms with van der Waals surface area (Å²) in [5.74, 6) is 2.06. The van der Waals surface area contributed by atoms with Crippen LogP contribution in [0, 0.1) is 0 Å². The summed E-state index contributed by atoms with van der Waals surface area (Å²) in [6.45, 7) is 1.09. The molecule has 2 heterocycles. The Morgan fingerprint density at radius 1 is 1.12 bits per heavy atom. The van der Waals surface area contributed by atoms with E-state index in [2.05, 4.69) is 10.8 Å². The minimum Gasteiger partial charge on any atom is -0.332 e. The molecule has 1 fully saturated rings. The Bertz CT molecular complexity index is 375. The van der Waals surface area contributed by atoms with Crippen molar-refractivity contribution in [3.63, 3.8) is 0 Å². The van der Waals surface area contributed by atoms with Gasteiger partial charge in [0.15, 0.2) is 0 Å². The van der Waals surface area contributed by atoms with Crippen LogP contribution in [-0.4, -0.2) is 15.6 Å². The lowest BCUT2D eigenvalue weighted by Crippen LogP contribution is -2.31. The monoisotopic (exact) mass is 233 g/mol. The molecule has 0 aromatic carbocycles. The molecule has 94 valence electrons. The topological polar surface area (TPSA) is 43.8 Å². The van der Waals surface area contributed by atoms with Gasteiger partial charge in [0.25, 0.3) is 0 Å². The first-order chi connectivity index (χ1) is 8.34. The van der Waals surface area contributed by atoms with E-state index in [0.29, 0.717) is 12.0 Å². The highest BCUT2D eigenvalue weighted by molar-refractivity contribution is 5.13. The van der Waals surface area contributed by atoms with E-state index < -0.39 is 0 Å². The first-order valence-electron chi connectivity index (χ1n) is 7.14. The Balaban J connectivity index is 1.83. The number of aromatic nitrogens is 2. The van der Waals surface area contributed by atoms with Crippen LogP contribution in [0.25, 0.3) is 0 Å². The van der Waals surface area contributed by atoms with Crippen molar-refractivity contribution in [2.75, 3.05) is 0 Å². The van der Waals surface area contributed by atoms with Gasteiger partial charge in [-0.15, -0.1) is 0 Å². The maximum absolute atomic E-state index is 6.02. The number of nitrogens with two attached hydrogens (primary N) is 1. The predicted molar refractivity (Wildman–Crippen MR) is 69.0 cm³/mol. The number of imidazole rings is 1. The summed E-state index contributed by atoms with van der Waals surface area (Å²) in [4.78, 5) is 4.70. The molecule has 1 aliphatic heterocycles. The zero-order valence-electron chi connectivity index (χ0n) is 10.6. The second kappa shape index (κ2) is 4.81. The van der Waals surface area contributed by atoms with Crippen LogP contribution in [-0.2, 0) is 13.0 Å². The molecule has 1 aromatic heterocycles. The Morgan fingerprint density at radius 2 is 1.88 bits per heavy atom. The third-order valence-corrected chi connectivity index (χ3v) is 4.38. The van der Waals surface area contributed by atoms with Gasteiger partial charge in [0.1, 0.15) is 5.82 Å². The van der Waals surface area contributed by atoms with Crippen molar-refractivity contribution in [1.29, 1.82) is 0 Å². The van der Waals surface area contributed by atoms with E-state index in [9.17, 15) is 0 Å². The third kappa shape index (κ3) is 2.25. The van der Waals surface area contributed by atoms with Gasteiger partial charge in [-0.25, -0.2) is 4.98 Å². The van der Waals surface area contributed by atoms with Gasteiger partial charge in [0.05, 0.1) is 0 Å². The number of nitrogens with zero attached hydrogens (tertiary/aromatic N) is 2. The van der Waals surface area contributed by atoms with E-state index in [0.717, 1.165) is 19.4 Å². The summed E-state index contributed by atoms with van der Waals surface area (Å²) >= 11 is 0. The fourth-order valence-corrected chi connectivity index (χ4v) is 3.38. The van der Waals surface area contributed by atoms with E-state index in [4.69, 9.17) is 10.7 Å². The summed E-state index contributed by atoms with van der Waals surface area (Å²) in [6, 6.07) is 0.348. The molecule has 2 N–H and O–H groups in total. The van der Waals surface area contributed by atoms with E-state index in [-0.39, 0.29) is 0 Å². The number of hydrogen-bond donors (Lipinski definition) is 1. The molecule has 17 heavy (non-hydrogen) atoms. The molecule has 2 aliphatic rings. The van der Waals surface area contributed by atoms with Gasteiger partial charge >= 0.3 is 0 Å². The zero-order chi connectivity index (χ0) is 11.7. The SMILES string of the molecule is NC1CCn2c(cnc2C2CCCCCC2)C1. The van der Waals surface area contributed by atoms with Crippen LogP contribution in [0.4, 0.5) is 0 Å². The van der Waals surface area contributed by atoms with E-state index in [1.165, 1.54) is 50.0 Å². The highest BCUT2D eigenvalue weighted by Crippen LogP contribution is 2.32. The zero-order valence-corrected chi connectivity index (χ0v) is 10.6. The molecule has 3 rings (SSSR count). The molecule has 0 bridgehead atoms. The van der Waals surface area contributed by atoms with Crippen molar-refractivity contribution in [3.8, 4) is 0 Å². The van der Waals surface area contributed by atoms with Crippen LogP contribution in [0.1, 0.15) is 62.4 Å². The lowest BCUT2D eigenvalue weighted by Gasteiger charge is -2.24. The number of rotatable bonds is 1. The second-order valence-corrected chi connectivity index (χ2v) is 5.70. The Morgan fingerprint density at radius 3 is 2.65 bits per heavy atom. The Hall–Kier alpha value is -0.830. The largest absolute Gasteiger partial charge is 0.332 e. The molecule has 0 radical (unpaired) electrons. The first kappa shape index (κ1) is 11.3. The molecule has 0 saturated heterocycles. The second-order valence-electron chi connectivity index (χ2n) is 5.70. The Kier molecular flexibility index (Phi) is 3.19. The van der Waals surface area contributed by atoms with Gasteiger partial charge in [-0.2, -0.15) is 0 Å². The molecule has 1 unspecified atom stereocenters. The maximum atomic E-state index is 6.02. The van der Waals surface area contributed by atoms with Crippen LogP contribution in [0.2, 0.25) is 0 Å². The fourth-order valence-electron chi connectivity index (χ4n) is 3.38. The smallest absolute Gasteiger partial charge is 0.111 e. The van der Waals surface area contributed by atoms with Crippen molar-refractivity contribution in [3.05, 3.63) is 17.7 Å². The highest BCUT2D eigenvalue weighted by Gasteiger charge is 2.24. The standard InChI is InChI=1S/C14H23N3/c15-12-7-8-17-13(9-12)10-16-14(17)11-5-3-1-2-4-6-11/h10-12H,1-9,15H2. The maximum Gasteiger partial charge on any atom is 0.111 e. The van der Waals surface area contributed by atoms with E-state index in [1.807, 2.05) is 0 Å². The lowest BCUT2D eigenvalue weighted by atomic mass is 9.98. The van der Waals surface area contributed by atoms with Crippen molar-refractivity contribution in [1.82, 2.24) is 9.55 Å². The minimum absolute atomic E-state index is 0.348. The quantitative estimate of drug-likeness (QED) is 0.758. The summed E-state index contributed by atoms with van der Waals surface area (Å²) in [5.41, 5.74) is 7.39. The average Bonchev–Trinajstić information content (AvgIpc) is 2.57. The summed E-state index contributed by atoms with van der Waals surface area (Å²) < 4.78 is 2.46. The molecule has 1 atom stereocenters. The molecule has 0 spiro atoms. The Labute approximate surface area is 103 Å². The third-order valence-electron chi connectivity index (χ3n) is 4.38. The molecule has 0 amide bonds. The number of hydrogen-bond acceptors (Lipinski definition) is 2. The van der Waals surface area contributed by atoms with Gasteiger partial charge in [-0.05, 0) is 19.3 Å². The van der Waals surface area contributed by atoms with Gasteiger partial charge in [-0.1, -0.05) is 25.7 Å². The lowest BCUT2D eigenvalue weighted by molar-refractivity contribution is 0.437. The van der Waals surface area contributed by atoms with Crippen molar-refractivity contribution < 1.29 is 0 Å². The van der Waals surface area contributed by atoms with Crippen LogP contribution in [0.15, 0.2) is 6.20 Å². The molecular formula is C14H23N3. The van der Waals surface area contributed by atoms with Crippen molar-refractivity contribution >= 4 is 0 Å². The van der Waals surface area contributed by atoms with Crippen LogP contribution in [0.3, 0.4) is 0 Å². The summed E-state index contributed by atoms with van der Waals surface area (Å²) in [5, 5.41) is 0. The summed E-state index contributed by atoms with van der Waals surface area (Å²) in [7, 11) is 0. The van der Waals surface area contributed by atoms with Gasteiger partial charge in [0, 0.05) is 36.8 Å². The van der Waals surface area contributed by atoms with Gasteiger partial charge in [-0.3, -0.25) is 0 Å². The van der Waals surface area contributed by atoms with Crippen LogP contribution in [0.5, 0.6) is 0 Å². The molecular weight excluding hydrogens is 210 g/mol. The normalized spacial score (nSPS) is 26.5. The van der Waals surface area contributed by atoms with Gasteiger partial charge < -0.3 is 10.3 Å². The van der Waals surface area contributed by atoms with Gasteiger partial charge in [0.2, 0.25) is 0 Å². The molecule has 3 heteroatoms. The van der Waals surface area contributed by atoms with Crippen LogP contribution < -0.4 is 5.73 Å². The first-order valence-corrected chi connectivity index (χ1v) is 7.14. The van der Waals surface area contributed by atoms with Crippen molar-refractivity contribution in [2.45, 2.75) is 69.9 Å². The van der Waals surface area contributed by atoms with Crippen molar-refractivity contribution in [2.24, 2.45) is 5.73 Å². The predicted octanol–water partition coefficient (Wildman–Crippen LogP) is 2.59. The fraction of sp³-hybridized carbons (Fsp3) is 0.786. The molecule has 1 aromatic rings. The number of fused-ring (bicyclic) bond motifs is 1. The molecule has 1 saturated carbocycles. The molecule has 1 aliphatic carbocycles. The van der Waals surface area contributed by atoms with Crippen LogP contribution >= 0.6 is 0 Å². The van der Waals surface area contributed by atoms with E-state index >= 15 is 0 Å².